The molecule has 0 saturated carbocycles. The minimum atomic E-state index is -0.628. The van der Waals surface area contributed by atoms with Gasteiger partial charge in [-0.3, -0.25) is 19.5 Å². The van der Waals surface area contributed by atoms with Gasteiger partial charge in [0.1, 0.15) is 11.3 Å². The summed E-state index contributed by atoms with van der Waals surface area (Å²) in [5, 5.41) is 9.89. The quantitative estimate of drug-likeness (QED) is 0.506. The van der Waals surface area contributed by atoms with Gasteiger partial charge in [0.25, 0.3) is 0 Å². The number of nitrogens with zero attached hydrogens (tertiary/aromatic N) is 2. The number of fused-ring (bicyclic) bond motifs is 1. The third kappa shape index (κ3) is 2.48. The molecule has 0 atom stereocenters. The summed E-state index contributed by atoms with van der Waals surface area (Å²) in [6.45, 7) is 3.65. The van der Waals surface area contributed by atoms with Crippen molar-refractivity contribution in [3.05, 3.63) is 11.6 Å². The summed E-state index contributed by atoms with van der Waals surface area (Å²) in [5.41, 5.74) is 0.556. The second-order valence-electron chi connectivity index (χ2n) is 4.03. The third-order valence-corrected chi connectivity index (χ3v) is 2.39. The van der Waals surface area contributed by atoms with Crippen molar-refractivity contribution in [2.24, 2.45) is 0 Å². The first-order chi connectivity index (χ1) is 9.40. The molecule has 0 unspecified atom stereocenters. The molecule has 2 aromatic rings. The Morgan fingerprint density at radius 1 is 1.10 bits per heavy atom. The molecular weight excluding hydrogens is 266 g/mol. The average Bonchev–Trinajstić information content (AvgIpc) is 2.74. The number of H-pyrrole nitrogens is 1. The fraction of sp³-hybridized carbons (Fsp3) is 0.250. The van der Waals surface area contributed by atoms with Gasteiger partial charge < -0.3 is 9.47 Å². The van der Waals surface area contributed by atoms with Crippen molar-refractivity contribution in [1.29, 1.82) is 0 Å². The number of hydrogen-bond donors (Lipinski definition) is 1. The van der Waals surface area contributed by atoms with Crippen molar-refractivity contribution in [2.45, 2.75) is 20.8 Å². The molecule has 1 aromatic heterocycles. The molecule has 20 heavy (non-hydrogen) atoms. The highest BCUT2D eigenvalue weighted by atomic mass is 16.5. The summed E-state index contributed by atoms with van der Waals surface area (Å²) >= 11 is 0. The van der Waals surface area contributed by atoms with Crippen LogP contribution in [0.15, 0.2) is 6.07 Å². The molecule has 1 heterocycles. The summed E-state index contributed by atoms with van der Waals surface area (Å²) in [7, 11) is 0. The van der Waals surface area contributed by atoms with E-state index in [4.69, 9.17) is 9.47 Å². The predicted molar refractivity (Wildman–Crippen MR) is 66.5 cm³/mol. The maximum atomic E-state index is 11.8. The van der Waals surface area contributed by atoms with Gasteiger partial charge in [-0.05, 0) is 6.92 Å². The number of ketones is 1. The number of carbonyl (C=O) groups is 3. The van der Waals surface area contributed by atoms with Crippen LogP contribution >= 0.6 is 0 Å². The van der Waals surface area contributed by atoms with Crippen LogP contribution in [0, 0.1) is 0 Å². The number of Topliss-reactive ketones (excluding diaryl/α,β-unsaturated/α-hetero) is 1. The number of rotatable bonds is 3. The van der Waals surface area contributed by atoms with Crippen LogP contribution in [0.4, 0.5) is 0 Å². The molecule has 8 heteroatoms. The lowest BCUT2D eigenvalue weighted by Crippen LogP contribution is -2.11. The van der Waals surface area contributed by atoms with Crippen LogP contribution in [-0.2, 0) is 9.59 Å². The van der Waals surface area contributed by atoms with E-state index in [0.717, 1.165) is 0 Å². The van der Waals surface area contributed by atoms with Crippen molar-refractivity contribution in [1.82, 2.24) is 15.4 Å². The first kappa shape index (κ1) is 13.7. The Labute approximate surface area is 113 Å². The average molecular weight is 277 g/mol. The van der Waals surface area contributed by atoms with Crippen LogP contribution < -0.4 is 9.47 Å². The summed E-state index contributed by atoms with van der Waals surface area (Å²) < 4.78 is 10.0. The van der Waals surface area contributed by atoms with E-state index < -0.39 is 17.7 Å². The van der Waals surface area contributed by atoms with Gasteiger partial charge in [-0.2, -0.15) is 0 Å². The number of aromatic nitrogens is 3. The Hall–Kier alpha value is -2.77. The van der Waals surface area contributed by atoms with Crippen LogP contribution in [0.2, 0.25) is 0 Å². The van der Waals surface area contributed by atoms with Crippen LogP contribution in [0.1, 0.15) is 31.1 Å². The first-order valence-corrected chi connectivity index (χ1v) is 5.65. The second kappa shape index (κ2) is 5.08. The smallest absolute Gasteiger partial charge is 0.308 e. The zero-order chi connectivity index (χ0) is 14.9. The maximum Gasteiger partial charge on any atom is 0.308 e. The lowest BCUT2D eigenvalue weighted by atomic mass is 10.1. The molecule has 0 spiro atoms. The van der Waals surface area contributed by atoms with E-state index in [9.17, 15) is 14.4 Å². The van der Waals surface area contributed by atoms with Gasteiger partial charge in [0, 0.05) is 19.9 Å². The van der Waals surface area contributed by atoms with Crippen LogP contribution in [0.3, 0.4) is 0 Å². The van der Waals surface area contributed by atoms with Gasteiger partial charge in [0.2, 0.25) is 0 Å². The Bertz CT molecular complexity index is 719. The van der Waals surface area contributed by atoms with Gasteiger partial charge in [-0.25, -0.2) is 0 Å². The third-order valence-electron chi connectivity index (χ3n) is 2.39. The largest absolute Gasteiger partial charge is 0.426 e. The number of nitrogens with one attached hydrogen (secondary N) is 1. The summed E-state index contributed by atoms with van der Waals surface area (Å²) in [4.78, 5) is 34.1. The SMILES string of the molecule is CC(=O)Oc1cc2[nH]nnc2c(OC(C)=O)c1C(C)=O. The minimum Gasteiger partial charge on any atom is -0.426 e. The van der Waals surface area contributed by atoms with Crippen molar-refractivity contribution >= 4 is 28.8 Å². The fourth-order valence-electron chi connectivity index (χ4n) is 1.75. The van der Waals surface area contributed by atoms with Crippen LogP contribution in [0.5, 0.6) is 11.5 Å². The van der Waals surface area contributed by atoms with Crippen molar-refractivity contribution in [3.8, 4) is 11.5 Å². The highest BCUT2D eigenvalue weighted by Gasteiger charge is 2.23. The van der Waals surface area contributed by atoms with Gasteiger partial charge in [0.05, 0.1) is 5.52 Å². The van der Waals surface area contributed by atoms with Gasteiger partial charge in [-0.1, -0.05) is 5.21 Å². The molecule has 0 radical (unpaired) electrons. The Balaban J connectivity index is 2.77. The molecule has 0 aliphatic carbocycles. The zero-order valence-electron chi connectivity index (χ0n) is 11.0. The zero-order valence-corrected chi connectivity index (χ0v) is 11.0. The first-order valence-electron chi connectivity index (χ1n) is 5.65. The monoisotopic (exact) mass is 277 g/mol. The molecule has 0 aliphatic rings. The topological polar surface area (TPSA) is 111 Å². The number of carbonyl (C=O) groups excluding carboxylic acids is 3. The Morgan fingerprint density at radius 3 is 2.30 bits per heavy atom. The number of ether oxygens (including phenoxy) is 2. The van der Waals surface area contributed by atoms with Gasteiger partial charge in [0.15, 0.2) is 17.0 Å². The van der Waals surface area contributed by atoms with E-state index in [1.807, 2.05) is 0 Å². The molecule has 1 aromatic carbocycles. The van der Waals surface area contributed by atoms with E-state index in [-0.39, 0.29) is 22.6 Å². The Kier molecular flexibility index (Phi) is 3.47. The van der Waals surface area contributed by atoms with Crippen molar-refractivity contribution in [2.75, 3.05) is 0 Å². The molecule has 104 valence electrons. The van der Waals surface area contributed by atoms with E-state index in [0.29, 0.717) is 5.52 Å². The van der Waals surface area contributed by atoms with Gasteiger partial charge in [-0.15, -0.1) is 5.10 Å². The fourth-order valence-corrected chi connectivity index (χ4v) is 1.75. The Morgan fingerprint density at radius 2 is 1.75 bits per heavy atom. The lowest BCUT2D eigenvalue weighted by molar-refractivity contribution is -0.132. The number of hydrogen-bond acceptors (Lipinski definition) is 7. The van der Waals surface area contributed by atoms with E-state index >= 15 is 0 Å². The molecule has 0 aliphatic heterocycles. The lowest BCUT2D eigenvalue weighted by Gasteiger charge is -2.11. The van der Waals surface area contributed by atoms with Crippen molar-refractivity contribution < 1.29 is 23.9 Å². The highest BCUT2D eigenvalue weighted by Crippen LogP contribution is 2.35. The van der Waals surface area contributed by atoms with Crippen molar-refractivity contribution in [3.63, 3.8) is 0 Å². The van der Waals surface area contributed by atoms with E-state index in [2.05, 4.69) is 15.4 Å². The number of esters is 2. The normalized spacial score (nSPS) is 10.3. The van der Waals surface area contributed by atoms with E-state index in [1.54, 1.807) is 0 Å². The molecule has 2 rings (SSSR count). The standard InChI is InChI=1S/C12H11N3O5/c1-5(16)10-9(19-6(2)17)4-8-11(14-15-13-8)12(10)20-7(3)18/h4H,1-3H3,(H,13,14,15). The van der Waals surface area contributed by atoms with Gasteiger partial charge >= 0.3 is 11.9 Å². The minimum absolute atomic E-state index is 0.0141. The van der Waals surface area contributed by atoms with E-state index in [1.165, 1.54) is 26.8 Å². The molecule has 0 bridgehead atoms. The maximum absolute atomic E-state index is 11.8. The summed E-state index contributed by atoms with van der Waals surface area (Å²) in [6, 6.07) is 1.40. The molecule has 0 saturated heterocycles. The van der Waals surface area contributed by atoms with Crippen LogP contribution in [-0.4, -0.2) is 33.1 Å². The molecule has 8 nitrogen and oxygen atoms in total. The van der Waals surface area contributed by atoms with Crippen LogP contribution in [0.25, 0.3) is 11.0 Å². The summed E-state index contributed by atoms with van der Waals surface area (Å²) in [5.74, 6) is -1.75. The second-order valence-corrected chi connectivity index (χ2v) is 4.03. The molecule has 1 N–H and O–H groups in total. The highest BCUT2D eigenvalue weighted by molar-refractivity contribution is 6.06. The molecule has 0 amide bonds. The number of benzene rings is 1. The number of aromatic amines is 1. The predicted octanol–water partition coefficient (Wildman–Crippen LogP) is 1.01. The molecular formula is C12H11N3O5. The summed E-state index contributed by atoms with van der Waals surface area (Å²) in [6.07, 6.45) is 0. The molecule has 0 fully saturated rings.